The second-order valence-corrected chi connectivity index (χ2v) is 9.38. The van der Waals surface area contributed by atoms with E-state index in [2.05, 4.69) is 5.32 Å². The number of benzene rings is 2. The summed E-state index contributed by atoms with van der Waals surface area (Å²) in [7, 11) is 0. The van der Waals surface area contributed by atoms with Gasteiger partial charge in [0.05, 0.1) is 29.3 Å². The zero-order valence-electron chi connectivity index (χ0n) is 21.6. The number of hydrogen-bond donors (Lipinski definition) is 5. The molecule has 0 aliphatic carbocycles. The number of halogens is 6. The smallest absolute Gasteiger partial charge is 0.431 e. The zero-order chi connectivity index (χ0) is 30.4. The van der Waals surface area contributed by atoms with Gasteiger partial charge in [-0.25, -0.2) is 0 Å². The number of anilines is 2. The van der Waals surface area contributed by atoms with E-state index in [9.17, 15) is 46.1 Å². The van der Waals surface area contributed by atoms with E-state index in [1.54, 1.807) is 30.3 Å². The lowest BCUT2D eigenvalue weighted by molar-refractivity contribution is -0.137. The molecule has 222 valence electrons. The van der Waals surface area contributed by atoms with E-state index in [0.29, 0.717) is 12.5 Å². The third-order valence-corrected chi connectivity index (χ3v) is 6.35. The number of nitrogens with one attached hydrogen (secondary N) is 3. The lowest BCUT2D eigenvalue weighted by Gasteiger charge is -2.25. The molecule has 0 saturated carbocycles. The van der Waals surface area contributed by atoms with E-state index in [1.165, 1.54) is 4.90 Å². The number of alkyl halides is 6. The van der Waals surface area contributed by atoms with Crippen LogP contribution in [-0.2, 0) is 28.6 Å². The molecule has 3 rings (SSSR count). The van der Waals surface area contributed by atoms with Crippen molar-refractivity contribution >= 4 is 29.5 Å². The standard InChI is InChI=1S/C27H28F6N4O4/c28-26(29,30)20-13-22(37-10-8-18(38)15-37)17(12-23(39)40)11-21(20)36-25(41)19(14-34)24(27(31,32)33)35-9-4-7-16-5-2-1-3-6-16/h1-3,5-6,11,13-14,18,34-35,38H,4,7-10,12,15H2,(H,36,41)(H,39,40)/b24-19+,34-14?/t18-/m1/s1. The fraction of sp³-hybridized carbons (Fsp3) is 0.370. The molecule has 1 fully saturated rings. The fourth-order valence-corrected chi connectivity index (χ4v) is 4.47. The summed E-state index contributed by atoms with van der Waals surface area (Å²) in [5.74, 6) is -3.04. The summed E-state index contributed by atoms with van der Waals surface area (Å²) < 4.78 is 83.7. The summed E-state index contributed by atoms with van der Waals surface area (Å²) >= 11 is 0. The maximum Gasteiger partial charge on any atom is 0.431 e. The van der Waals surface area contributed by atoms with Crippen molar-refractivity contribution in [3.05, 3.63) is 70.4 Å². The molecular weight excluding hydrogens is 558 g/mol. The first-order valence-electron chi connectivity index (χ1n) is 12.5. The van der Waals surface area contributed by atoms with E-state index >= 15 is 0 Å². The van der Waals surface area contributed by atoms with Crippen LogP contribution in [0.15, 0.2) is 53.7 Å². The molecule has 2 aromatic rings. The summed E-state index contributed by atoms with van der Waals surface area (Å²) in [6.07, 6.45) is -10.9. The van der Waals surface area contributed by atoms with E-state index in [-0.39, 0.29) is 49.9 Å². The molecule has 1 atom stereocenters. The van der Waals surface area contributed by atoms with Crippen LogP contribution in [0.4, 0.5) is 37.7 Å². The summed E-state index contributed by atoms with van der Waals surface area (Å²) in [6.45, 7) is -0.162. The Balaban J connectivity index is 1.95. The topological polar surface area (TPSA) is 126 Å². The van der Waals surface area contributed by atoms with E-state index in [1.807, 2.05) is 5.32 Å². The van der Waals surface area contributed by atoms with Gasteiger partial charge >= 0.3 is 18.3 Å². The lowest BCUT2D eigenvalue weighted by Crippen LogP contribution is -2.33. The first kappa shape index (κ1) is 31.5. The maximum atomic E-state index is 14.0. The van der Waals surface area contributed by atoms with Gasteiger partial charge < -0.3 is 31.2 Å². The van der Waals surface area contributed by atoms with Gasteiger partial charge in [0.1, 0.15) is 5.70 Å². The Morgan fingerprint density at radius 3 is 2.32 bits per heavy atom. The average molecular weight is 587 g/mol. The summed E-state index contributed by atoms with van der Waals surface area (Å²) in [4.78, 5) is 25.7. The monoisotopic (exact) mass is 586 g/mol. The minimum Gasteiger partial charge on any atom is -0.481 e. The predicted octanol–water partition coefficient (Wildman–Crippen LogP) is 4.53. The number of aliphatic carboxylic acids is 1. The first-order chi connectivity index (χ1) is 19.2. The highest BCUT2D eigenvalue weighted by molar-refractivity contribution is 6.18. The molecule has 0 bridgehead atoms. The van der Waals surface area contributed by atoms with Crippen LogP contribution in [0.2, 0.25) is 0 Å². The third kappa shape index (κ3) is 8.46. The second kappa shape index (κ2) is 13.1. The van der Waals surface area contributed by atoms with Crippen LogP contribution < -0.4 is 15.5 Å². The number of aliphatic hydroxyl groups excluding tert-OH is 1. The highest BCUT2D eigenvalue weighted by atomic mass is 19.4. The number of carbonyl (C=O) groups is 2. The van der Waals surface area contributed by atoms with Gasteiger partial charge in [-0.05, 0) is 42.5 Å². The molecular formula is C27H28F6N4O4. The van der Waals surface area contributed by atoms with Gasteiger partial charge in [-0.15, -0.1) is 0 Å². The van der Waals surface area contributed by atoms with Gasteiger partial charge in [-0.3, -0.25) is 9.59 Å². The average Bonchev–Trinajstić information content (AvgIpc) is 3.30. The van der Waals surface area contributed by atoms with Crippen LogP contribution in [0, 0.1) is 5.41 Å². The molecule has 1 aliphatic rings. The van der Waals surface area contributed by atoms with Crippen molar-refractivity contribution in [1.82, 2.24) is 5.32 Å². The fourth-order valence-electron chi connectivity index (χ4n) is 4.47. The van der Waals surface area contributed by atoms with Crippen LogP contribution in [0.3, 0.4) is 0 Å². The first-order valence-corrected chi connectivity index (χ1v) is 12.5. The molecule has 5 N–H and O–H groups in total. The number of carboxylic acid groups (broad SMARTS) is 1. The van der Waals surface area contributed by atoms with Crippen molar-refractivity contribution in [1.29, 1.82) is 5.41 Å². The molecule has 0 unspecified atom stereocenters. The molecule has 1 heterocycles. The molecule has 2 aromatic carbocycles. The summed E-state index contributed by atoms with van der Waals surface area (Å²) in [5.41, 5.74) is -4.66. The van der Waals surface area contributed by atoms with Crippen LogP contribution in [-0.4, -0.2) is 60.2 Å². The normalized spacial score (nSPS) is 16.3. The van der Waals surface area contributed by atoms with Gasteiger partial charge in [0.25, 0.3) is 5.91 Å². The zero-order valence-corrected chi connectivity index (χ0v) is 21.6. The van der Waals surface area contributed by atoms with Crippen LogP contribution in [0.1, 0.15) is 29.5 Å². The number of β-amino-alcohol motifs (C(OH)–C–C–N with tert-alkyl or cyclic N) is 1. The maximum absolute atomic E-state index is 14.0. The molecule has 0 radical (unpaired) electrons. The molecule has 1 saturated heterocycles. The number of carbonyl (C=O) groups excluding carboxylic acids is 1. The van der Waals surface area contributed by atoms with E-state index in [0.717, 1.165) is 11.6 Å². The Labute approximate surface area is 231 Å². The van der Waals surface area contributed by atoms with Crippen molar-refractivity contribution in [2.75, 3.05) is 29.9 Å². The number of amides is 1. The summed E-state index contributed by atoms with van der Waals surface area (Å²) in [6, 6.07) is 10.2. The molecule has 14 heteroatoms. The van der Waals surface area contributed by atoms with Crippen LogP contribution >= 0.6 is 0 Å². The van der Waals surface area contributed by atoms with Crippen molar-refractivity contribution in [2.24, 2.45) is 0 Å². The molecule has 1 aliphatic heterocycles. The number of nitrogens with zero attached hydrogens (tertiary/aromatic N) is 1. The number of carboxylic acids is 1. The number of hydrogen-bond acceptors (Lipinski definition) is 6. The number of aliphatic hydroxyl groups is 1. The molecule has 41 heavy (non-hydrogen) atoms. The Bertz CT molecular complexity index is 1300. The van der Waals surface area contributed by atoms with Crippen molar-refractivity contribution in [3.8, 4) is 0 Å². The van der Waals surface area contributed by atoms with Gasteiger partial charge in [-0.2, -0.15) is 26.3 Å². The minimum absolute atomic E-state index is 0.0544. The largest absolute Gasteiger partial charge is 0.481 e. The molecule has 8 nitrogen and oxygen atoms in total. The van der Waals surface area contributed by atoms with Gasteiger partial charge in [0.2, 0.25) is 0 Å². The van der Waals surface area contributed by atoms with Gasteiger partial charge in [0.15, 0.2) is 0 Å². The number of aryl methyl sites for hydroxylation is 1. The number of rotatable bonds is 11. The Kier molecular flexibility index (Phi) is 10.0. The molecule has 0 spiro atoms. The Morgan fingerprint density at radius 1 is 1.10 bits per heavy atom. The van der Waals surface area contributed by atoms with Crippen LogP contribution in [0.5, 0.6) is 0 Å². The van der Waals surface area contributed by atoms with Crippen molar-refractivity contribution in [2.45, 2.75) is 44.1 Å². The quantitative estimate of drug-likeness (QED) is 0.114. The van der Waals surface area contributed by atoms with E-state index < -0.39 is 59.3 Å². The minimum atomic E-state index is -5.14. The predicted molar refractivity (Wildman–Crippen MR) is 139 cm³/mol. The highest BCUT2D eigenvalue weighted by Gasteiger charge is 2.40. The van der Waals surface area contributed by atoms with Crippen LogP contribution in [0.25, 0.3) is 0 Å². The van der Waals surface area contributed by atoms with Crippen molar-refractivity contribution < 1.29 is 46.1 Å². The third-order valence-electron chi connectivity index (χ3n) is 6.35. The Morgan fingerprint density at radius 2 is 1.78 bits per heavy atom. The van der Waals surface area contributed by atoms with Gasteiger partial charge in [0, 0.05) is 31.5 Å². The Hall–Kier alpha value is -4.07. The highest BCUT2D eigenvalue weighted by Crippen LogP contribution is 2.40. The van der Waals surface area contributed by atoms with Gasteiger partial charge in [-0.1, -0.05) is 30.3 Å². The SMILES string of the molecule is N=C/C(C(=O)Nc1cc(CC(=O)O)c(N2CC[C@@H](O)C2)cc1C(F)(F)F)=C(\NCCCc1ccccc1)C(F)(F)F. The molecule has 0 aromatic heterocycles. The second-order valence-electron chi connectivity index (χ2n) is 9.38. The molecule has 1 amide bonds. The van der Waals surface area contributed by atoms with Crippen molar-refractivity contribution in [3.63, 3.8) is 0 Å². The summed E-state index contributed by atoms with van der Waals surface area (Å²) in [5, 5.41) is 30.5. The number of allylic oxidation sites excluding steroid dienone is 1. The lowest BCUT2D eigenvalue weighted by atomic mass is 10.0. The van der Waals surface area contributed by atoms with E-state index in [4.69, 9.17) is 5.41 Å².